The van der Waals surface area contributed by atoms with Crippen LogP contribution in [0.4, 0.5) is 5.69 Å². The van der Waals surface area contributed by atoms with E-state index in [1.54, 1.807) is 32.0 Å². The molecule has 0 radical (unpaired) electrons. The van der Waals surface area contributed by atoms with Gasteiger partial charge in [-0.15, -0.1) is 0 Å². The molecule has 27 heavy (non-hydrogen) atoms. The Hall–Kier alpha value is -2.87. The van der Waals surface area contributed by atoms with E-state index >= 15 is 0 Å². The molecule has 0 aliphatic carbocycles. The molecule has 7 nitrogen and oxygen atoms in total. The van der Waals surface area contributed by atoms with Crippen molar-refractivity contribution in [2.75, 3.05) is 11.8 Å². The van der Waals surface area contributed by atoms with Crippen molar-refractivity contribution in [2.24, 2.45) is 0 Å². The third-order valence-corrected chi connectivity index (χ3v) is 5.05. The normalized spacial score (nSPS) is 11.1. The van der Waals surface area contributed by atoms with Gasteiger partial charge in [-0.3, -0.25) is 14.3 Å². The topological polar surface area (TPSA) is 102 Å². The molecule has 0 bridgehead atoms. The molecule has 0 atom stereocenters. The van der Waals surface area contributed by atoms with E-state index in [1.807, 2.05) is 0 Å². The Morgan fingerprint density at radius 1 is 1.07 bits per heavy atom. The molecule has 0 aromatic heterocycles. The first-order chi connectivity index (χ1) is 12.6. The summed E-state index contributed by atoms with van der Waals surface area (Å²) in [6.07, 6.45) is 0. The summed E-state index contributed by atoms with van der Waals surface area (Å²) in [5.41, 5.74) is 0.764. The van der Waals surface area contributed by atoms with Gasteiger partial charge in [0.2, 0.25) is 0 Å². The van der Waals surface area contributed by atoms with Gasteiger partial charge in [0.25, 0.3) is 15.9 Å². The SMILES string of the molecule is COc1ccc(S(=O)(=O)Nc2cccc(C(C)=O)c2)cc1C(=O)NC(C)C. The summed E-state index contributed by atoms with van der Waals surface area (Å²) in [6, 6.07) is 10.1. The molecule has 0 heterocycles. The molecule has 0 aliphatic rings. The fourth-order valence-electron chi connectivity index (χ4n) is 2.39. The molecule has 2 aromatic rings. The lowest BCUT2D eigenvalue weighted by atomic mass is 10.1. The number of methoxy groups -OCH3 is 1. The zero-order chi connectivity index (χ0) is 20.2. The maximum atomic E-state index is 12.7. The number of ether oxygens (including phenoxy) is 1. The van der Waals surface area contributed by atoms with Crippen LogP contribution < -0.4 is 14.8 Å². The Kier molecular flexibility index (Phi) is 6.22. The van der Waals surface area contributed by atoms with Gasteiger partial charge in [0.05, 0.1) is 17.6 Å². The highest BCUT2D eigenvalue weighted by Crippen LogP contribution is 2.24. The van der Waals surface area contributed by atoms with E-state index in [0.717, 1.165) is 0 Å². The number of carbonyl (C=O) groups excluding carboxylic acids is 2. The van der Waals surface area contributed by atoms with Gasteiger partial charge >= 0.3 is 0 Å². The first-order valence-electron chi connectivity index (χ1n) is 8.26. The monoisotopic (exact) mass is 390 g/mol. The number of anilines is 1. The molecular weight excluding hydrogens is 368 g/mol. The third kappa shape index (κ3) is 5.07. The summed E-state index contributed by atoms with van der Waals surface area (Å²) < 4.78 is 33.0. The van der Waals surface area contributed by atoms with Gasteiger partial charge in [-0.05, 0) is 51.1 Å². The van der Waals surface area contributed by atoms with Crippen molar-refractivity contribution in [1.29, 1.82) is 0 Å². The second kappa shape index (κ2) is 8.22. The van der Waals surface area contributed by atoms with Gasteiger partial charge in [-0.25, -0.2) is 8.42 Å². The van der Waals surface area contributed by atoms with Gasteiger partial charge in [-0.1, -0.05) is 12.1 Å². The van der Waals surface area contributed by atoms with E-state index < -0.39 is 15.9 Å². The van der Waals surface area contributed by atoms with E-state index in [2.05, 4.69) is 10.0 Å². The fraction of sp³-hybridized carbons (Fsp3) is 0.263. The number of amides is 1. The summed E-state index contributed by atoms with van der Waals surface area (Å²) >= 11 is 0. The van der Waals surface area contributed by atoms with E-state index in [4.69, 9.17) is 4.74 Å². The molecule has 0 saturated carbocycles. The van der Waals surface area contributed by atoms with Crippen LogP contribution in [0.15, 0.2) is 47.4 Å². The lowest BCUT2D eigenvalue weighted by Gasteiger charge is -2.14. The molecule has 1 amide bonds. The minimum Gasteiger partial charge on any atom is -0.496 e. The van der Waals surface area contributed by atoms with Gasteiger partial charge < -0.3 is 10.1 Å². The number of benzene rings is 2. The summed E-state index contributed by atoms with van der Waals surface area (Å²) in [5.74, 6) is -0.337. The largest absolute Gasteiger partial charge is 0.496 e. The Morgan fingerprint density at radius 2 is 1.78 bits per heavy atom. The van der Waals surface area contributed by atoms with Crippen LogP contribution in [-0.2, 0) is 10.0 Å². The second-order valence-corrected chi connectivity index (χ2v) is 7.92. The van der Waals surface area contributed by atoms with E-state index in [-0.39, 0.29) is 33.7 Å². The number of hydrogen-bond acceptors (Lipinski definition) is 5. The first-order valence-corrected chi connectivity index (χ1v) is 9.75. The predicted octanol–water partition coefficient (Wildman–Crippen LogP) is 2.84. The van der Waals surface area contributed by atoms with Crippen LogP contribution in [0.25, 0.3) is 0 Å². The smallest absolute Gasteiger partial charge is 0.261 e. The standard InChI is InChI=1S/C19H22N2O5S/c1-12(2)20-19(23)17-11-16(8-9-18(17)26-4)27(24,25)21-15-7-5-6-14(10-15)13(3)22/h5-12,21H,1-4H3,(H,20,23). The minimum absolute atomic E-state index is 0.0922. The fourth-order valence-corrected chi connectivity index (χ4v) is 3.46. The molecule has 0 spiro atoms. The van der Waals surface area contributed by atoms with Gasteiger partial charge in [0.15, 0.2) is 5.78 Å². The number of carbonyl (C=O) groups is 2. The zero-order valence-electron chi connectivity index (χ0n) is 15.6. The molecule has 0 aliphatic heterocycles. The maximum absolute atomic E-state index is 12.7. The molecule has 144 valence electrons. The number of sulfonamides is 1. The Labute approximate surface area is 158 Å². The van der Waals surface area contributed by atoms with Crippen LogP contribution in [0.1, 0.15) is 41.5 Å². The lowest BCUT2D eigenvalue weighted by Crippen LogP contribution is -2.30. The summed E-state index contributed by atoms with van der Waals surface area (Å²) in [4.78, 5) is 23.7. The molecule has 2 rings (SSSR count). The number of Topliss-reactive ketones (excluding diaryl/α,β-unsaturated/α-hetero) is 1. The maximum Gasteiger partial charge on any atom is 0.261 e. The van der Waals surface area contributed by atoms with Crippen LogP contribution >= 0.6 is 0 Å². The molecule has 2 aromatic carbocycles. The zero-order valence-corrected chi connectivity index (χ0v) is 16.4. The second-order valence-electron chi connectivity index (χ2n) is 6.23. The van der Waals surface area contributed by atoms with Crippen LogP contribution in [-0.4, -0.2) is 33.3 Å². The highest BCUT2D eigenvalue weighted by molar-refractivity contribution is 7.92. The highest BCUT2D eigenvalue weighted by atomic mass is 32.2. The third-order valence-electron chi connectivity index (χ3n) is 3.67. The van der Waals surface area contributed by atoms with Gasteiger partial charge in [0.1, 0.15) is 5.75 Å². The molecule has 8 heteroatoms. The van der Waals surface area contributed by atoms with Crippen molar-refractivity contribution >= 4 is 27.4 Å². The summed E-state index contributed by atoms with van der Waals surface area (Å²) in [6.45, 7) is 5.00. The average Bonchev–Trinajstić information content (AvgIpc) is 2.60. The Balaban J connectivity index is 2.39. The van der Waals surface area contributed by atoms with Crippen LogP contribution in [0, 0.1) is 0 Å². The van der Waals surface area contributed by atoms with Crippen LogP contribution in [0.2, 0.25) is 0 Å². The summed E-state index contributed by atoms with van der Waals surface area (Å²) in [5, 5.41) is 2.71. The number of hydrogen-bond donors (Lipinski definition) is 2. The number of rotatable bonds is 7. The van der Waals surface area contributed by atoms with Crippen molar-refractivity contribution in [1.82, 2.24) is 5.32 Å². The first kappa shape index (κ1) is 20.4. The molecule has 0 saturated heterocycles. The molecule has 0 fully saturated rings. The number of nitrogens with one attached hydrogen (secondary N) is 2. The number of ketones is 1. The molecule has 0 unspecified atom stereocenters. The average molecular weight is 390 g/mol. The van der Waals surface area contributed by atoms with E-state index in [9.17, 15) is 18.0 Å². The molecular formula is C19H22N2O5S. The van der Waals surface area contributed by atoms with E-state index in [0.29, 0.717) is 5.56 Å². The van der Waals surface area contributed by atoms with Gasteiger partial charge in [-0.2, -0.15) is 0 Å². The van der Waals surface area contributed by atoms with Crippen molar-refractivity contribution < 1.29 is 22.7 Å². The highest BCUT2D eigenvalue weighted by Gasteiger charge is 2.20. The predicted molar refractivity (Wildman–Crippen MR) is 103 cm³/mol. The van der Waals surface area contributed by atoms with Crippen LogP contribution in [0.5, 0.6) is 5.75 Å². The van der Waals surface area contributed by atoms with Crippen molar-refractivity contribution in [3.8, 4) is 5.75 Å². The Morgan fingerprint density at radius 3 is 2.37 bits per heavy atom. The molecule has 2 N–H and O–H groups in total. The minimum atomic E-state index is -3.96. The van der Waals surface area contributed by atoms with Crippen molar-refractivity contribution in [3.63, 3.8) is 0 Å². The Bertz CT molecular complexity index is 968. The van der Waals surface area contributed by atoms with Crippen LogP contribution in [0.3, 0.4) is 0 Å². The van der Waals surface area contributed by atoms with Crippen molar-refractivity contribution in [2.45, 2.75) is 31.7 Å². The van der Waals surface area contributed by atoms with Crippen molar-refractivity contribution in [3.05, 3.63) is 53.6 Å². The van der Waals surface area contributed by atoms with E-state index in [1.165, 1.54) is 38.3 Å². The lowest BCUT2D eigenvalue weighted by molar-refractivity contribution is 0.0939. The summed E-state index contributed by atoms with van der Waals surface area (Å²) in [7, 11) is -2.56. The quantitative estimate of drug-likeness (QED) is 0.708. The van der Waals surface area contributed by atoms with Gasteiger partial charge in [0, 0.05) is 17.3 Å².